The van der Waals surface area contributed by atoms with E-state index >= 15 is 0 Å². The van der Waals surface area contributed by atoms with Crippen molar-refractivity contribution in [2.24, 2.45) is 11.7 Å². The van der Waals surface area contributed by atoms with Gasteiger partial charge in [-0.3, -0.25) is 10.4 Å². The summed E-state index contributed by atoms with van der Waals surface area (Å²) in [6.45, 7) is 0.758. The zero-order valence-corrected chi connectivity index (χ0v) is 10.7. The number of nitrogens with two attached hydrogens (primary N) is 1. The fourth-order valence-corrected chi connectivity index (χ4v) is 3.55. The van der Waals surface area contributed by atoms with Crippen molar-refractivity contribution in [2.75, 3.05) is 13.1 Å². The minimum absolute atomic E-state index is 0.0566. The van der Waals surface area contributed by atoms with Gasteiger partial charge in [0.05, 0.1) is 5.84 Å². The first-order valence-electron chi connectivity index (χ1n) is 5.76. The van der Waals surface area contributed by atoms with Crippen molar-refractivity contribution in [3.63, 3.8) is 0 Å². The molecule has 1 saturated heterocycles. The number of sulfonamides is 1. The summed E-state index contributed by atoms with van der Waals surface area (Å²) in [6, 6.07) is 3.12. The summed E-state index contributed by atoms with van der Waals surface area (Å²) in [7, 11) is -3.51. The average Bonchev–Trinajstić information content (AvgIpc) is 2.40. The number of hydrogen-bond donors (Lipinski definition) is 2. The molecule has 6 nitrogen and oxygen atoms in total. The maximum absolute atomic E-state index is 12.3. The standard InChI is InChI=1S/C11H16N4O2S/c12-11(13)9-3-2-6-15(8-9)18(16,17)10-4-1-5-14-7-10/h1,4-5,7,9H,2-3,6,8H2,(H3,12,13). The van der Waals surface area contributed by atoms with Crippen LogP contribution in [0.2, 0.25) is 0 Å². The van der Waals surface area contributed by atoms with Crippen molar-refractivity contribution in [2.45, 2.75) is 17.7 Å². The molecule has 1 unspecified atom stereocenters. The SMILES string of the molecule is N=C(N)C1CCCN(S(=O)(=O)c2cccnc2)C1. The van der Waals surface area contributed by atoms with Crippen LogP contribution in [0.5, 0.6) is 0 Å². The summed E-state index contributed by atoms with van der Waals surface area (Å²) >= 11 is 0. The van der Waals surface area contributed by atoms with E-state index in [1.54, 1.807) is 6.07 Å². The Hall–Kier alpha value is -1.47. The van der Waals surface area contributed by atoms with E-state index in [9.17, 15) is 8.42 Å². The lowest BCUT2D eigenvalue weighted by molar-refractivity contribution is 0.310. The minimum atomic E-state index is -3.51. The Labute approximate surface area is 106 Å². The van der Waals surface area contributed by atoms with Gasteiger partial charge in [-0.25, -0.2) is 8.42 Å². The zero-order chi connectivity index (χ0) is 13.2. The number of piperidine rings is 1. The maximum Gasteiger partial charge on any atom is 0.244 e. The Morgan fingerprint density at radius 3 is 2.94 bits per heavy atom. The summed E-state index contributed by atoms with van der Waals surface area (Å²) in [4.78, 5) is 4.02. The molecule has 0 radical (unpaired) electrons. The molecule has 1 fully saturated rings. The molecule has 7 heteroatoms. The van der Waals surface area contributed by atoms with Gasteiger partial charge in [0.1, 0.15) is 4.90 Å². The second-order valence-corrected chi connectivity index (χ2v) is 6.28. The number of hydrogen-bond acceptors (Lipinski definition) is 4. The first-order valence-corrected chi connectivity index (χ1v) is 7.20. The number of nitrogens with zero attached hydrogens (tertiary/aromatic N) is 2. The van der Waals surface area contributed by atoms with Gasteiger partial charge in [-0.1, -0.05) is 0 Å². The molecule has 0 aromatic carbocycles. The molecule has 3 N–H and O–H groups in total. The molecule has 18 heavy (non-hydrogen) atoms. The number of nitrogens with one attached hydrogen (secondary N) is 1. The van der Waals surface area contributed by atoms with Crippen LogP contribution in [-0.2, 0) is 10.0 Å². The van der Waals surface area contributed by atoms with Crippen molar-refractivity contribution in [3.05, 3.63) is 24.5 Å². The van der Waals surface area contributed by atoms with Gasteiger partial charge >= 0.3 is 0 Å². The highest BCUT2D eigenvalue weighted by atomic mass is 32.2. The van der Waals surface area contributed by atoms with Crippen LogP contribution >= 0.6 is 0 Å². The monoisotopic (exact) mass is 268 g/mol. The molecule has 0 amide bonds. The number of rotatable bonds is 3. The molecule has 1 aliphatic heterocycles. The van der Waals surface area contributed by atoms with Crippen LogP contribution in [0.3, 0.4) is 0 Å². The van der Waals surface area contributed by atoms with E-state index in [4.69, 9.17) is 11.1 Å². The third-order valence-electron chi connectivity index (χ3n) is 3.10. The molecule has 2 rings (SSSR count). The third-order valence-corrected chi connectivity index (χ3v) is 4.94. The van der Waals surface area contributed by atoms with Crippen LogP contribution in [0.1, 0.15) is 12.8 Å². The van der Waals surface area contributed by atoms with Gasteiger partial charge in [0.15, 0.2) is 0 Å². The smallest absolute Gasteiger partial charge is 0.244 e. The Balaban J connectivity index is 2.23. The summed E-state index contributed by atoms with van der Waals surface area (Å²) in [5, 5.41) is 7.43. The van der Waals surface area contributed by atoms with Crippen molar-refractivity contribution >= 4 is 15.9 Å². The first kappa shape index (κ1) is 13.0. The number of aromatic nitrogens is 1. The largest absolute Gasteiger partial charge is 0.387 e. The van der Waals surface area contributed by atoms with Crippen LogP contribution in [0.25, 0.3) is 0 Å². The van der Waals surface area contributed by atoms with Crippen molar-refractivity contribution in [1.82, 2.24) is 9.29 Å². The third kappa shape index (κ3) is 2.51. The predicted molar refractivity (Wildman–Crippen MR) is 67.6 cm³/mol. The highest BCUT2D eigenvalue weighted by Crippen LogP contribution is 2.22. The molecule has 1 aromatic heterocycles. The Bertz CT molecular complexity index is 529. The van der Waals surface area contributed by atoms with Crippen LogP contribution in [-0.4, -0.2) is 36.6 Å². The first-order chi connectivity index (χ1) is 8.51. The normalized spacial score (nSPS) is 21.7. The van der Waals surface area contributed by atoms with Crippen LogP contribution < -0.4 is 5.73 Å². The Morgan fingerprint density at radius 1 is 1.56 bits per heavy atom. The maximum atomic E-state index is 12.3. The van der Waals surface area contributed by atoms with Gasteiger partial charge in [-0.05, 0) is 25.0 Å². The van der Waals surface area contributed by atoms with E-state index in [1.165, 1.54) is 22.8 Å². The lowest BCUT2D eigenvalue weighted by Gasteiger charge is -2.31. The fourth-order valence-electron chi connectivity index (χ4n) is 2.06. The molecule has 2 heterocycles. The van der Waals surface area contributed by atoms with E-state index in [0.29, 0.717) is 6.54 Å². The Morgan fingerprint density at radius 2 is 2.33 bits per heavy atom. The molecule has 1 atom stereocenters. The topological polar surface area (TPSA) is 100 Å². The van der Waals surface area contributed by atoms with Crippen LogP contribution in [0.4, 0.5) is 0 Å². The van der Waals surface area contributed by atoms with Gasteiger partial charge < -0.3 is 5.73 Å². The van der Waals surface area contributed by atoms with E-state index in [1.807, 2.05) is 0 Å². The second-order valence-electron chi connectivity index (χ2n) is 4.35. The molecule has 1 aromatic rings. The zero-order valence-electron chi connectivity index (χ0n) is 9.91. The molecule has 0 bridgehead atoms. The van der Waals surface area contributed by atoms with Gasteiger partial charge in [-0.15, -0.1) is 0 Å². The lowest BCUT2D eigenvalue weighted by Crippen LogP contribution is -2.43. The molecule has 0 aliphatic carbocycles. The van der Waals surface area contributed by atoms with Crippen molar-refractivity contribution in [1.29, 1.82) is 5.41 Å². The summed E-state index contributed by atoms with van der Waals surface area (Å²) in [6.07, 6.45) is 4.37. The summed E-state index contributed by atoms with van der Waals surface area (Å²) in [5.41, 5.74) is 5.46. The van der Waals surface area contributed by atoms with Crippen molar-refractivity contribution in [3.8, 4) is 0 Å². The van der Waals surface area contributed by atoms with Crippen molar-refractivity contribution < 1.29 is 8.42 Å². The van der Waals surface area contributed by atoms with E-state index in [-0.39, 0.29) is 23.2 Å². The highest BCUT2D eigenvalue weighted by Gasteiger charge is 2.31. The summed E-state index contributed by atoms with van der Waals surface area (Å²) < 4.78 is 26.0. The molecule has 1 aliphatic rings. The van der Waals surface area contributed by atoms with E-state index in [2.05, 4.69) is 4.98 Å². The van der Waals surface area contributed by atoms with E-state index in [0.717, 1.165) is 12.8 Å². The molecule has 0 spiro atoms. The quantitative estimate of drug-likeness (QED) is 0.612. The molecule has 0 saturated carbocycles. The van der Waals surface area contributed by atoms with Crippen LogP contribution in [0, 0.1) is 11.3 Å². The molecular formula is C11H16N4O2S. The minimum Gasteiger partial charge on any atom is -0.387 e. The number of amidine groups is 1. The predicted octanol–water partition coefficient (Wildman–Crippen LogP) is 0.418. The van der Waals surface area contributed by atoms with Gasteiger partial charge in [0, 0.05) is 31.4 Å². The van der Waals surface area contributed by atoms with Gasteiger partial charge in [0.2, 0.25) is 10.0 Å². The lowest BCUT2D eigenvalue weighted by atomic mass is 9.99. The average molecular weight is 268 g/mol. The van der Waals surface area contributed by atoms with Crippen LogP contribution in [0.15, 0.2) is 29.4 Å². The van der Waals surface area contributed by atoms with E-state index < -0.39 is 10.0 Å². The van der Waals surface area contributed by atoms with Gasteiger partial charge in [-0.2, -0.15) is 4.31 Å². The second kappa shape index (κ2) is 5.03. The number of pyridine rings is 1. The highest BCUT2D eigenvalue weighted by molar-refractivity contribution is 7.89. The fraction of sp³-hybridized carbons (Fsp3) is 0.455. The van der Waals surface area contributed by atoms with Gasteiger partial charge in [0.25, 0.3) is 0 Å². The molecular weight excluding hydrogens is 252 g/mol. The Kier molecular flexibility index (Phi) is 3.63. The molecule has 98 valence electrons. The summed E-state index contributed by atoms with van der Waals surface area (Å²) in [5.74, 6) is -0.119.